The summed E-state index contributed by atoms with van der Waals surface area (Å²) >= 11 is 6.06. The van der Waals surface area contributed by atoms with Crippen LogP contribution in [0.1, 0.15) is 36.0 Å². The van der Waals surface area contributed by atoms with E-state index in [1.807, 2.05) is 4.90 Å². The second-order valence-electron chi connectivity index (χ2n) is 6.84. The average Bonchev–Trinajstić information content (AvgIpc) is 2.67. The fourth-order valence-corrected chi connectivity index (χ4v) is 4.10. The Balaban J connectivity index is 1.57. The second-order valence-corrected chi connectivity index (χ2v) is 7.28. The number of amides is 1. The number of benzene rings is 1. The highest BCUT2D eigenvalue weighted by Gasteiger charge is 2.30. The van der Waals surface area contributed by atoms with Crippen LogP contribution in [0.15, 0.2) is 18.2 Å². The van der Waals surface area contributed by atoms with E-state index in [1.165, 1.54) is 0 Å². The molecule has 0 N–H and O–H groups in total. The van der Waals surface area contributed by atoms with Crippen LogP contribution in [0.25, 0.3) is 0 Å². The van der Waals surface area contributed by atoms with Gasteiger partial charge in [-0.1, -0.05) is 11.6 Å². The van der Waals surface area contributed by atoms with Gasteiger partial charge in [0.1, 0.15) is 5.75 Å². The van der Waals surface area contributed by atoms with Crippen molar-refractivity contribution in [2.45, 2.75) is 37.8 Å². The third-order valence-corrected chi connectivity index (χ3v) is 5.71. The molecule has 0 aliphatic carbocycles. The van der Waals surface area contributed by atoms with Crippen LogP contribution in [0.3, 0.4) is 0 Å². The monoisotopic (exact) mass is 366 g/mol. The number of rotatable bonds is 4. The van der Waals surface area contributed by atoms with Crippen molar-refractivity contribution in [2.75, 3.05) is 40.4 Å². The number of ether oxygens (including phenoxy) is 2. The number of halogens is 1. The highest BCUT2D eigenvalue weighted by atomic mass is 35.5. The molecule has 138 valence electrons. The zero-order valence-corrected chi connectivity index (χ0v) is 15.8. The Morgan fingerprint density at radius 1 is 1.08 bits per heavy atom. The lowest BCUT2D eigenvalue weighted by Crippen LogP contribution is -2.49. The highest BCUT2D eigenvalue weighted by Crippen LogP contribution is 2.27. The normalized spacial score (nSPS) is 20.7. The van der Waals surface area contributed by atoms with Crippen LogP contribution in [-0.2, 0) is 4.74 Å². The van der Waals surface area contributed by atoms with Gasteiger partial charge in [-0.05, 0) is 43.9 Å². The van der Waals surface area contributed by atoms with Gasteiger partial charge in [0.25, 0.3) is 5.91 Å². The third-order valence-electron chi connectivity index (χ3n) is 5.47. The predicted molar refractivity (Wildman–Crippen MR) is 98.5 cm³/mol. The average molecular weight is 367 g/mol. The number of hydrogen-bond donors (Lipinski definition) is 0. The first kappa shape index (κ1) is 18.5. The molecule has 0 saturated carbocycles. The highest BCUT2D eigenvalue weighted by molar-refractivity contribution is 6.31. The summed E-state index contributed by atoms with van der Waals surface area (Å²) in [6.07, 6.45) is 4.66. The molecule has 0 aromatic heterocycles. The van der Waals surface area contributed by atoms with Gasteiger partial charge in [0.2, 0.25) is 0 Å². The molecule has 2 saturated heterocycles. The van der Waals surface area contributed by atoms with E-state index in [0.717, 1.165) is 51.9 Å². The Bertz CT molecular complexity index is 594. The lowest BCUT2D eigenvalue weighted by atomic mass is 9.98. The van der Waals surface area contributed by atoms with E-state index in [0.29, 0.717) is 28.5 Å². The molecule has 1 aromatic rings. The van der Waals surface area contributed by atoms with Crippen LogP contribution in [0.2, 0.25) is 5.02 Å². The van der Waals surface area contributed by atoms with Crippen LogP contribution < -0.4 is 4.74 Å². The van der Waals surface area contributed by atoms with Gasteiger partial charge in [-0.3, -0.25) is 4.79 Å². The maximum Gasteiger partial charge on any atom is 0.257 e. The zero-order chi connectivity index (χ0) is 17.8. The molecule has 25 heavy (non-hydrogen) atoms. The lowest BCUT2D eigenvalue weighted by Gasteiger charge is -2.41. The quantitative estimate of drug-likeness (QED) is 0.821. The molecule has 5 nitrogen and oxygen atoms in total. The van der Waals surface area contributed by atoms with Crippen LogP contribution in [0, 0.1) is 0 Å². The first-order valence-electron chi connectivity index (χ1n) is 9.02. The summed E-state index contributed by atoms with van der Waals surface area (Å²) in [5, 5.41) is 0.556. The molecule has 1 aromatic carbocycles. The smallest absolute Gasteiger partial charge is 0.257 e. The van der Waals surface area contributed by atoms with Crippen LogP contribution >= 0.6 is 11.6 Å². The Kier molecular flexibility index (Phi) is 6.20. The Labute approximate surface area is 154 Å². The van der Waals surface area contributed by atoms with Gasteiger partial charge in [0, 0.05) is 44.4 Å². The van der Waals surface area contributed by atoms with Crippen molar-refractivity contribution in [2.24, 2.45) is 0 Å². The summed E-state index contributed by atoms with van der Waals surface area (Å²) in [7, 11) is 3.38. The molecule has 0 spiro atoms. The predicted octanol–water partition coefficient (Wildman–Crippen LogP) is 3.06. The van der Waals surface area contributed by atoms with E-state index in [2.05, 4.69) is 4.90 Å². The molecule has 3 rings (SSSR count). The second kappa shape index (κ2) is 8.39. The van der Waals surface area contributed by atoms with Crippen molar-refractivity contribution in [3.63, 3.8) is 0 Å². The number of hydrogen-bond acceptors (Lipinski definition) is 4. The molecule has 0 unspecified atom stereocenters. The third kappa shape index (κ3) is 4.27. The Hall–Kier alpha value is -1.30. The van der Waals surface area contributed by atoms with E-state index in [4.69, 9.17) is 21.1 Å². The summed E-state index contributed by atoms with van der Waals surface area (Å²) in [6, 6.07) is 5.77. The van der Waals surface area contributed by atoms with Gasteiger partial charge in [-0.15, -0.1) is 0 Å². The van der Waals surface area contributed by atoms with Gasteiger partial charge in [-0.2, -0.15) is 0 Å². The standard InChI is InChI=1S/C19H27ClN2O3/c1-24-16-7-11-21(12-8-16)15-5-9-22(10-6-15)19(23)17-13-14(20)3-4-18(17)25-2/h3-4,13,15-16H,5-12H2,1-2H3. The maximum atomic E-state index is 12.9. The van der Waals surface area contributed by atoms with Crippen molar-refractivity contribution in [3.05, 3.63) is 28.8 Å². The van der Waals surface area contributed by atoms with Crippen LogP contribution in [-0.4, -0.2) is 68.3 Å². The SMILES string of the molecule is COc1ccc(Cl)cc1C(=O)N1CCC(N2CCC(OC)CC2)CC1. The van der Waals surface area contributed by atoms with Gasteiger partial charge in [0.05, 0.1) is 18.8 Å². The largest absolute Gasteiger partial charge is 0.496 e. The molecule has 2 aliphatic heterocycles. The van der Waals surface area contributed by atoms with Gasteiger partial charge < -0.3 is 19.3 Å². The Morgan fingerprint density at radius 3 is 2.36 bits per heavy atom. The van der Waals surface area contributed by atoms with E-state index < -0.39 is 0 Å². The number of likely N-dealkylation sites (tertiary alicyclic amines) is 2. The molecule has 2 fully saturated rings. The van der Waals surface area contributed by atoms with E-state index in [-0.39, 0.29) is 5.91 Å². The minimum absolute atomic E-state index is 0.0101. The van der Waals surface area contributed by atoms with Crippen molar-refractivity contribution in [1.29, 1.82) is 0 Å². The first-order valence-corrected chi connectivity index (χ1v) is 9.40. The van der Waals surface area contributed by atoms with Crippen molar-refractivity contribution in [1.82, 2.24) is 9.80 Å². The summed E-state index contributed by atoms with van der Waals surface area (Å²) in [5.41, 5.74) is 0.550. The van der Waals surface area contributed by atoms with E-state index in [1.54, 1.807) is 32.4 Å². The molecular formula is C19H27ClN2O3. The molecule has 2 aliphatic rings. The van der Waals surface area contributed by atoms with Gasteiger partial charge in [-0.25, -0.2) is 0 Å². The molecule has 0 radical (unpaired) electrons. The number of carbonyl (C=O) groups excluding carboxylic acids is 1. The first-order chi connectivity index (χ1) is 12.1. The zero-order valence-electron chi connectivity index (χ0n) is 15.0. The topological polar surface area (TPSA) is 42.0 Å². The van der Waals surface area contributed by atoms with Crippen molar-refractivity contribution < 1.29 is 14.3 Å². The molecule has 0 atom stereocenters. The summed E-state index contributed by atoms with van der Waals surface area (Å²) in [5.74, 6) is 0.592. The number of methoxy groups -OCH3 is 2. The number of carbonyl (C=O) groups is 1. The van der Waals surface area contributed by atoms with Crippen molar-refractivity contribution >= 4 is 17.5 Å². The van der Waals surface area contributed by atoms with Crippen LogP contribution in [0.5, 0.6) is 5.75 Å². The fraction of sp³-hybridized carbons (Fsp3) is 0.632. The van der Waals surface area contributed by atoms with Crippen LogP contribution in [0.4, 0.5) is 0 Å². The molecular weight excluding hydrogens is 340 g/mol. The lowest BCUT2D eigenvalue weighted by molar-refractivity contribution is 0.0145. The van der Waals surface area contributed by atoms with E-state index >= 15 is 0 Å². The molecule has 6 heteroatoms. The summed E-state index contributed by atoms with van der Waals surface area (Å²) < 4.78 is 10.8. The molecule has 2 heterocycles. The number of piperidine rings is 2. The summed E-state index contributed by atoms with van der Waals surface area (Å²) in [4.78, 5) is 17.3. The van der Waals surface area contributed by atoms with E-state index in [9.17, 15) is 4.79 Å². The minimum atomic E-state index is 0.0101. The molecule has 0 bridgehead atoms. The fourth-order valence-electron chi connectivity index (χ4n) is 3.93. The van der Waals surface area contributed by atoms with Gasteiger partial charge in [0.15, 0.2) is 0 Å². The Morgan fingerprint density at radius 2 is 1.76 bits per heavy atom. The number of nitrogens with zero attached hydrogens (tertiary/aromatic N) is 2. The molecule has 1 amide bonds. The summed E-state index contributed by atoms with van der Waals surface area (Å²) in [6.45, 7) is 3.76. The minimum Gasteiger partial charge on any atom is -0.496 e. The maximum absolute atomic E-state index is 12.9. The van der Waals surface area contributed by atoms with Crippen molar-refractivity contribution in [3.8, 4) is 5.75 Å². The van der Waals surface area contributed by atoms with Gasteiger partial charge >= 0.3 is 0 Å².